The van der Waals surface area contributed by atoms with Gasteiger partial charge in [0.2, 0.25) is 16.0 Å². The Kier molecular flexibility index (Phi) is 4.92. The molecule has 0 aliphatic carbocycles. The summed E-state index contributed by atoms with van der Waals surface area (Å²) in [5.41, 5.74) is 0. The molecule has 114 valence electrons. The molecule has 1 atom stereocenters. The minimum absolute atomic E-state index is 0.0166. The first-order valence-electron chi connectivity index (χ1n) is 6.64. The summed E-state index contributed by atoms with van der Waals surface area (Å²) in [7, 11) is -3.69. The van der Waals surface area contributed by atoms with E-state index in [-0.39, 0.29) is 4.90 Å². The van der Waals surface area contributed by atoms with Crippen molar-refractivity contribution in [1.82, 2.24) is 14.7 Å². The molecule has 2 rings (SSSR count). The van der Waals surface area contributed by atoms with Gasteiger partial charge < -0.3 is 9.73 Å². The predicted molar refractivity (Wildman–Crippen MR) is 78.3 cm³/mol. The van der Waals surface area contributed by atoms with E-state index in [9.17, 15) is 8.42 Å². The number of anilines is 1. The Labute approximate surface area is 123 Å². The molecule has 1 unspecified atom stereocenters. The SMILES string of the molecule is CCCNc1ncc(S(=O)(=O)NC(C)c2ccco2)cn1. The first kappa shape index (κ1) is 15.5. The molecule has 0 saturated carbocycles. The lowest BCUT2D eigenvalue weighted by atomic mass is 10.3. The molecule has 0 amide bonds. The van der Waals surface area contributed by atoms with Crippen molar-refractivity contribution in [3.8, 4) is 0 Å². The Morgan fingerprint density at radius 2 is 2.05 bits per heavy atom. The van der Waals surface area contributed by atoms with Gasteiger partial charge in [-0.3, -0.25) is 0 Å². The van der Waals surface area contributed by atoms with Crippen LogP contribution >= 0.6 is 0 Å². The molecule has 2 aromatic heterocycles. The number of nitrogens with one attached hydrogen (secondary N) is 2. The van der Waals surface area contributed by atoms with Crippen molar-refractivity contribution in [2.75, 3.05) is 11.9 Å². The van der Waals surface area contributed by atoms with Crippen LogP contribution in [-0.4, -0.2) is 24.9 Å². The normalized spacial score (nSPS) is 13.0. The lowest BCUT2D eigenvalue weighted by Crippen LogP contribution is -2.27. The van der Waals surface area contributed by atoms with Gasteiger partial charge in [-0.2, -0.15) is 0 Å². The maximum atomic E-state index is 12.2. The Hall–Kier alpha value is -1.93. The van der Waals surface area contributed by atoms with E-state index in [0.29, 0.717) is 11.7 Å². The van der Waals surface area contributed by atoms with Gasteiger partial charge in [0.15, 0.2) is 0 Å². The van der Waals surface area contributed by atoms with Gasteiger partial charge in [0.1, 0.15) is 10.7 Å². The van der Waals surface area contributed by atoms with Crippen LogP contribution in [0.3, 0.4) is 0 Å². The first-order chi connectivity index (χ1) is 10.0. The molecule has 0 aromatic carbocycles. The van der Waals surface area contributed by atoms with Crippen LogP contribution in [0.5, 0.6) is 0 Å². The van der Waals surface area contributed by atoms with Crippen LogP contribution in [-0.2, 0) is 10.0 Å². The highest BCUT2D eigenvalue weighted by molar-refractivity contribution is 7.89. The van der Waals surface area contributed by atoms with Crippen molar-refractivity contribution in [3.63, 3.8) is 0 Å². The van der Waals surface area contributed by atoms with Gasteiger partial charge in [-0.1, -0.05) is 6.92 Å². The van der Waals surface area contributed by atoms with Crippen molar-refractivity contribution in [3.05, 3.63) is 36.5 Å². The summed E-state index contributed by atoms with van der Waals surface area (Å²) in [5.74, 6) is 0.954. The molecule has 0 saturated heterocycles. The summed E-state index contributed by atoms with van der Waals surface area (Å²) < 4.78 is 32.1. The van der Waals surface area contributed by atoms with E-state index in [1.165, 1.54) is 18.7 Å². The monoisotopic (exact) mass is 310 g/mol. The summed E-state index contributed by atoms with van der Waals surface area (Å²) in [5, 5.41) is 2.98. The Morgan fingerprint density at radius 3 is 2.62 bits per heavy atom. The highest BCUT2D eigenvalue weighted by Crippen LogP contribution is 2.16. The zero-order chi connectivity index (χ0) is 15.3. The van der Waals surface area contributed by atoms with E-state index in [1.54, 1.807) is 19.1 Å². The second-order valence-corrected chi connectivity index (χ2v) is 6.24. The molecular formula is C13H18N4O3S. The standard InChI is InChI=1S/C13H18N4O3S/c1-3-6-14-13-15-8-11(9-16-13)21(18,19)17-10(2)12-5-4-7-20-12/h4-5,7-10,17H,3,6H2,1-2H3,(H,14,15,16). The molecule has 0 aliphatic rings. The Balaban J connectivity index is 2.08. The predicted octanol–water partition coefficient (Wildman–Crippen LogP) is 1.93. The van der Waals surface area contributed by atoms with Gasteiger partial charge in [0.25, 0.3) is 0 Å². The summed E-state index contributed by atoms with van der Waals surface area (Å²) >= 11 is 0. The molecule has 0 fully saturated rings. The van der Waals surface area contributed by atoms with Crippen LogP contribution in [0.25, 0.3) is 0 Å². The molecule has 0 radical (unpaired) electrons. The van der Waals surface area contributed by atoms with Crippen LogP contribution in [0, 0.1) is 0 Å². The first-order valence-corrected chi connectivity index (χ1v) is 8.13. The molecule has 8 heteroatoms. The number of hydrogen-bond donors (Lipinski definition) is 2. The van der Waals surface area contributed by atoms with Gasteiger partial charge in [0.05, 0.1) is 24.7 Å². The smallest absolute Gasteiger partial charge is 0.244 e. The zero-order valence-corrected chi connectivity index (χ0v) is 12.7. The lowest BCUT2D eigenvalue weighted by Gasteiger charge is -2.12. The second kappa shape index (κ2) is 6.68. The molecule has 7 nitrogen and oxygen atoms in total. The van der Waals surface area contributed by atoms with E-state index < -0.39 is 16.1 Å². The van der Waals surface area contributed by atoms with Crippen molar-refractivity contribution in [2.45, 2.75) is 31.2 Å². The molecule has 2 aromatic rings. The van der Waals surface area contributed by atoms with Gasteiger partial charge in [-0.05, 0) is 25.5 Å². The Bertz CT molecular complexity index is 653. The number of sulfonamides is 1. The molecule has 2 heterocycles. The van der Waals surface area contributed by atoms with Crippen LogP contribution in [0.15, 0.2) is 40.1 Å². The van der Waals surface area contributed by atoms with Gasteiger partial charge in [0, 0.05) is 6.54 Å². The average molecular weight is 310 g/mol. The number of aromatic nitrogens is 2. The highest BCUT2D eigenvalue weighted by Gasteiger charge is 2.20. The van der Waals surface area contributed by atoms with Crippen LogP contribution in [0.2, 0.25) is 0 Å². The molecule has 0 bridgehead atoms. The van der Waals surface area contributed by atoms with Crippen molar-refractivity contribution in [2.24, 2.45) is 0 Å². The van der Waals surface area contributed by atoms with E-state index >= 15 is 0 Å². The second-order valence-electron chi connectivity index (χ2n) is 4.53. The molecule has 21 heavy (non-hydrogen) atoms. The summed E-state index contributed by atoms with van der Waals surface area (Å²) in [4.78, 5) is 7.99. The van der Waals surface area contributed by atoms with Crippen molar-refractivity contribution >= 4 is 16.0 Å². The van der Waals surface area contributed by atoms with E-state index in [2.05, 4.69) is 20.0 Å². The average Bonchev–Trinajstić information content (AvgIpc) is 2.99. The van der Waals surface area contributed by atoms with Gasteiger partial charge in [-0.25, -0.2) is 23.1 Å². The fourth-order valence-corrected chi connectivity index (χ4v) is 2.78. The topological polar surface area (TPSA) is 97.1 Å². The number of hydrogen-bond acceptors (Lipinski definition) is 6. The number of furan rings is 1. The minimum Gasteiger partial charge on any atom is -0.468 e. The fraction of sp³-hybridized carbons (Fsp3) is 0.385. The van der Waals surface area contributed by atoms with Gasteiger partial charge in [-0.15, -0.1) is 0 Å². The van der Waals surface area contributed by atoms with E-state index in [0.717, 1.165) is 13.0 Å². The summed E-state index contributed by atoms with van der Waals surface area (Å²) in [6.45, 7) is 4.46. The van der Waals surface area contributed by atoms with Crippen molar-refractivity contribution in [1.29, 1.82) is 0 Å². The fourth-order valence-electron chi connectivity index (χ4n) is 1.68. The third-order valence-corrected chi connectivity index (χ3v) is 4.27. The number of nitrogens with zero attached hydrogens (tertiary/aromatic N) is 2. The molecule has 2 N–H and O–H groups in total. The molecular weight excluding hydrogens is 292 g/mol. The van der Waals surface area contributed by atoms with Crippen LogP contribution in [0.4, 0.5) is 5.95 Å². The van der Waals surface area contributed by atoms with E-state index in [4.69, 9.17) is 4.42 Å². The minimum atomic E-state index is -3.69. The van der Waals surface area contributed by atoms with Crippen LogP contribution < -0.4 is 10.0 Å². The largest absolute Gasteiger partial charge is 0.468 e. The highest BCUT2D eigenvalue weighted by atomic mass is 32.2. The molecule has 0 spiro atoms. The lowest BCUT2D eigenvalue weighted by molar-refractivity contribution is 0.459. The zero-order valence-electron chi connectivity index (χ0n) is 11.9. The summed E-state index contributed by atoms with van der Waals surface area (Å²) in [6, 6.07) is 2.95. The maximum absolute atomic E-state index is 12.2. The third kappa shape index (κ3) is 4.02. The van der Waals surface area contributed by atoms with Crippen molar-refractivity contribution < 1.29 is 12.8 Å². The number of rotatable bonds is 7. The van der Waals surface area contributed by atoms with Crippen LogP contribution in [0.1, 0.15) is 32.1 Å². The Morgan fingerprint density at radius 1 is 1.33 bits per heavy atom. The molecule has 0 aliphatic heterocycles. The quantitative estimate of drug-likeness (QED) is 0.811. The van der Waals surface area contributed by atoms with Gasteiger partial charge >= 0.3 is 0 Å². The third-order valence-electron chi connectivity index (χ3n) is 2.77. The summed E-state index contributed by atoms with van der Waals surface area (Å²) in [6.07, 6.45) is 4.99. The van der Waals surface area contributed by atoms with E-state index in [1.807, 2.05) is 6.92 Å². The maximum Gasteiger partial charge on any atom is 0.244 e.